The minimum atomic E-state index is -0.237. The largest absolute Gasteiger partial charge is 0.450 e. The Morgan fingerprint density at radius 1 is 1.09 bits per heavy atom. The summed E-state index contributed by atoms with van der Waals surface area (Å²) >= 11 is 0. The van der Waals surface area contributed by atoms with Gasteiger partial charge < -0.3 is 19.9 Å². The fourth-order valence-electron chi connectivity index (χ4n) is 3.24. The van der Waals surface area contributed by atoms with Crippen molar-refractivity contribution >= 4 is 12.0 Å². The van der Waals surface area contributed by atoms with Gasteiger partial charge in [-0.1, -0.05) is 0 Å². The van der Waals surface area contributed by atoms with Gasteiger partial charge in [0.1, 0.15) is 0 Å². The molecule has 0 bridgehead atoms. The number of carbonyl (C=O) groups is 2. The monoisotopic (exact) mass is 311 g/mol. The first-order valence-electron chi connectivity index (χ1n) is 8.48. The highest BCUT2D eigenvalue weighted by Gasteiger charge is 2.26. The van der Waals surface area contributed by atoms with E-state index in [4.69, 9.17) is 4.74 Å². The van der Waals surface area contributed by atoms with E-state index in [1.54, 1.807) is 4.90 Å². The second kappa shape index (κ2) is 8.36. The molecule has 0 atom stereocenters. The zero-order valence-electron chi connectivity index (χ0n) is 13.8. The summed E-state index contributed by atoms with van der Waals surface area (Å²) in [6.45, 7) is 5.74. The third kappa shape index (κ3) is 5.16. The fraction of sp³-hybridized carbons (Fsp3) is 0.875. The van der Waals surface area contributed by atoms with Crippen LogP contribution in [0.3, 0.4) is 0 Å². The van der Waals surface area contributed by atoms with Crippen LogP contribution < -0.4 is 5.32 Å². The zero-order chi connectivity index (χ0) is 15.9. The van der Waals surface area contributed by atoms with Crippen molar-refractivity contribution in [2.45, 2.75) is 45.1 Å². The molecule has 0 saturated carbocycles. The van der Waals surface area contributed by atoms with Crippen LogP contribution in [0.15, 0.2) is 0 Å². The minimum absolute atomic E-state index is 0.170. The standard InChI is InChI=1S/C16H29N3O3/c1-3-22-16(21)19-10-6-14(7-11-19)17-15(20)12-13-4-8-18(2)9-5-13/h13-14H,3-12H2,1-2H3,(H,17,20). The molecule has 1 N–H and O–H groups in total. The third-order valence-corrected chi connectivity index (χ3v) is 4.70. The van der Waals surface area contributed by atoms with Crippen molar-refractivity contribution in [2.24, 2.45) is 5.92 Å². The van der Waals surface area contributed by atoms with Crippen molar-refractivity contribution in [2.75, 3.05) is 39.8 Å². The van der Waals surface area contributed by atoms with Crippen molar-refractivity contribution in [3.63, 3.8) is 0 Å². The normalized spacial score (nSPS) is 21.6. The summed E-state index contributed by atoms with van der Waals surface area (Å²) in [5, 5.41) is 3.14. The van der Waals surface area contributed by atoms with E-state index in [2.05, 4.69) is 17.3 Å². The Morgan fingerprint density at radius 2 is 1.73 bits per heavy atom. The van der Waals surface area contributed by atoms with E-state index in [0.29, 0.717) is 32.0 Å². The van der Waals surface area contributed by atoms with Crippen molar-refractivity contribution in [3.8, 4) is 0 Å². The number of ether oxygens (including phenoxy) is 1. The summed E-state index contributed by atoms with van der Waals surface area (Å²) in [5.74, 6) is 0.694. The fourth-order valence-corrected chi connectivity index (χ4v) is 3.24. The number of nitrogens with zero attached hydrogens (tertiary/aromatic N) is 2. The van der Waals surface area contributed by atoms with E-state index >= 15 is 0 Å². The second-order valence-corrected chi connectivity index (χ2v) is 6.48. The lowest BCUT2D eigenvalue weighted by Gasteiger charge is -2.32. The van der Waals surface area contributed by atoms with Gasteiger partial charge in [-0.2, -0.15) is 0 Å². The van der Waals surface area contributed by atoms with Gasteiger partial charge in [-0.25, -0.2) is 4.79 Å². The Kier molecular flexibility index (Phi) is 6.49. The molecule has 2 amide bonds. The van der Waals surface area contributed by atoms with Gasteiger partial charge in [0.05, 0.1) is 6.61 Å². The van der Waals surface area contributed by atoms with Crippen LogP contribution >= 0.6 is 0 Å². The number of nitrogens with one attached hydrogen (secondary N) is 1. The zero-order valence-corrected chi connectivity index (χ0v) is 13.8. The molecule has 6 nitrogen and oxygen atoms in total. The molecule has 2 aliphatic rings. The van der Waals surface area contributed by atoms with Gasteiger partial charge in [-0.15, -0.1) is 0 Å². The predicted octanol–water partition coefficient (Wildman–Crippen LogP) is 1.46. The van der Waals surface area contributed by atoms with Crippen LogP contribution in [-0.4, -0.2) is 67.7 Å². The molecule has 0 aromatic rings. The maximum atomic E-state index is 12.1. The van der Waals surface area contributed by atoms with Crippen LogP contribution in [0.1, 0.15) is 39.0 Å². The summed E-state index contributed by atoms with van der Waals surface area (Å²) in [7, 11) is 2.13. The molecule has 0 aromatic carbocycles. The van der Waals surface area contributed by atoms with E-state index in [1.165, 1.54) is 0 Å². The molecule has 2 fully saturated rings. The molecule has 2 saturated heterocycles. The molecule has 22 heavy (non-hydrogen) atoms. The minimum Gasteiger partial charge on any atom is -0.450 e. The highest BCUT2D eigenvalue weighted by molar-refractivity contribution is 5.76. The highest BCUT2D eigenvalue weighted by Crippen LogP contribution is 2.20. The maximum Gasteiger partial charge on any atom is 0.409 e. The summed E-state index contributed by atoms with van der Waals surface area (Å²) < 4.78 is 5.00. The molecular weight excluding hydrogens is 282 g/mol. The average molecular weight is 311 g/mol. The van der Waals surface area contributed by atoms with E-state index in [1.807, 2.05) is 6.92 Å². The molecule has 126 valence electrons. The van der Waals surface area contributed by atoms with Gasteiger partial charge in [0, 0.05) is 25.6 Å². The average Bonchev–Trinajstić information content (AvgIpc) is 2.50. The molecule has 0 unspecified atom stereocenters. The SMILES string of the molecule is CCOC(=O)N1CCC(NC(=O)CC2CCN(C)CC2)CC1. The van der Waals surface area contributed by atoms with Gasteiger partial charge in [0.2, 0.25) is 5.91 Å². The lowest BCUT2D eigenvalue weighted by atomic mass is 9.93. The quantitative estimate of drug-likeness (QED) is 0.854. The lowest BCUT2D eigenvalue weighted by molar-refractivity contribution is -0.123. The molecule has 2 heterocycles. The Bertz CT molecular complexity index is 373. The molecule has 0 aliphatic carbocycles. The van der Waals surface area contributed by atoms with Gasteiger partial charge >= 0.3 is 6.09 Å². The Hall–Kier alpha value is -1.30. The number of carbonyl (C=O) groups excluding carboxylic acids is 2. The third-order valence-electron chi connectivity index (χ3n) is 4.70. The summed E-state index contributed by atoms with van der Waals surface area (Å²) in [4.78, 5) is 27.8. The number of hydrogen-bond acceptors (Lipinski definition) is 4. The van der Waals surface area contributed by atoms with E-state index in [9.17, 15) is 9.59 Å². The first kappa shape index (κ1) is 17.1. The van der Waals surface area contributed by atoms with Gasteiger partial charge in [-0.3, -0.25) is 4.79 Å². The number of likely N-dealkylation sites (tertiary alicyclic amines) is 2. The highest BCUT2D eigenvalue weighted by atomic mass is 16.6. The number of piperidine rings is 2. The van der Waals surface area contributed by atoms with Crippen LogP contribution in [0.4, 0.5) is 4.79 Å². The molecule has 2 aliphatic heterocycles. The van der Waals surface area contributed by atoms with E-state index < -0.39 is 0 Å². The van der Waals surface area contributed by atoms with Crippen LogP contribution in [0, 0.1) is 5.92 Å². The predicted molar refractivity (Wildman–Crippen MR) is 84.6 cm³/mol. The molecule has 0 radical (unpaired) electrons. The van der Waals surface area contributed by atoms with Crippen LogP contribution in [-0.2, 0) is 9.53 Å². The van der Waals surface area contributed by atoms with Gasteiger partial charge in [-0.05, 0) is 58.7 Å². The lowest BCUT2D eigenvalue weighted by Crippen LogP contribution is -2.47. The molecule has 0 spiro atoms. The van der Waals surface area contributed by atoms with Crippen molar-refractivity contribution in [1.29, 1.82) is 0 Å². The molecule has 2 rings (SSSR count). The Morgan fingerprint density at radius 3 is 2.32 bits per heavy atom. The van der Waals surface area contributed by atoms with Gasteiger partial charge in [0.15, 0.2) is 0 Å². The van der Waals surface area contributed by atoms with E-state index in [0.717, 1.165) is 38.8 Å². The number of amides is 2. The summed E-state index contributed by atoms with van der Waals surface area (Å²) in [5.41, 5.74) is 0. The first-order chi connectivity index (χ1) is 10.6. The molecular formula is C16H29N3O3. The van der Waals surface area contributed by atoms with Crippen molar-refractivity contribution in [1.82, 2.24) is 15.1 Å². The summed E-state index contributed by atoms with van der Waals surface area (Å²) in [6, 6.07) is 0.199. The van der Waals surface area contributed by atoms with Crippen molar-refractivity contribution < 1.29 is 14.3 Å². The molecule has 6 heteroatoms. The smallest absolute Gasteiger partial charge is 0.409 e. The van der Waals surface area contributed by atoms with Crippen LogP contribution in [0.5, 0.6) is 0 Å². The Labute approximate surface area is 133 Å². The number of hydrogen-bond donors (Lipinski definition) is 1. The Balaban J connectivity index is 1.65. The number of rotatable bonds is 4. The first-order valence-corrected chi connectivity index (χ1v) is 8.48. The topological polar surface area (TPSA) is 61.9 Å². The van der Waals surface area contributed by atoms with Crippen LogP contribution in [0.25, 0.3) is 0 Å². The maximum absolute atomic E-state index is 12.1. The summed E-state index contributed by atoms with van der Waals surface area (Å²) in [6.07, 6.45) is 4.27. The van der Waals surface area contributed by atoms with E-state index in [-0.39, 0.29) is 18.0 Å². The van der Waals surface area contributed by atoms with Crippen molar-refractivity contribution in [3.05, 3.63) is 0 Å². The van der Waals surface area contributed by atoms with Gasteiger partial charge in [0.25, 0.3) is 0 Å². The van der Waals surface area contributed by atoms with Crippen LogP contribution in [0.2, 0.25) is 0 Å². The second-order valence-electron chi connectivity index (χ2n) is 6.48. The molecule has 0 aromatic heterocycles.